The molecule has 1 aromatic rings. The molecule has 0 aliphatic rings. The summed E-state index contributed by atoms with van der Waals surface area (Å²) in [6.07, 6.45) is 3.60. The molecule has 7 nitrogen and oxygen atoms in total. The third kappa shape index (κ3) is 15.2. The van der Waals surface area contributed by atoms with Crippen LogP contribution in [0.4, 0.5) is 0 Å². The van der Waals surface area contributed by atoms with E-state index in [-0.39, 0.29) is 0 Å². The van der Waals surface area contributed by atoms with Gasteiger partial charge in [0.05, 0.1) is 0 Å². The molecule has 1 rings (SSSR count). The number of nitrogens with one attached hydrogen (secondary N) is 2. The summed E-state index contributed by atoms with van der Waals surface area (Å²) in [5.74, 6) is 0. The predicted octanol–water partition coefficient (Wildman–Crippen LogP) is 0.156. The molecule has 0 saturated carbocycles. The molecule has 0 bridgehead atoms. The molecule has 0 fully saturated rings. The minimum absolute atomic E-state index is 0.465. The van der Waals surface area contributed by atoms with E-state index >= 15 is 0 Å². The monoisotopic (exact) mass is 263 g/mol. The van der Waals surface area contributed by atoms with Crippen molar-refractivity contribution in [3.8, 4) is 0 Å². The van der Waals surface area contributed by atoms with Gasteiger partial charge in [-0.25, -0.2) is 4.57 Å². The van der Waals surface area contributed by atoms with Crippen LogP contribution in [0.1, 0.15) is 19.4 Å². The Morgan fingerprint density at radius 2 is 1.76 bits per heavy atom. The van der Waals surface area contributed by atoms with Crippen molar-refractivity contribution in [3.63, 3.8) is 0 Å². The summed E-state index contributed by atoms with van der Waals surface area (Å²) in [5, 5.41) is 0. The van der Waals surface area contributed by atoms with Crippen molar-refractivity contribution in [2.75, 3.05) is 0 Å². The molecule has 0 unspecified atom stereocenters. The first-order valence-corrected chi connectivity index (χ1v) is 6.51. The summed E-state index contributed by atoms with van der Waals surface area (Å²) < 4.78 is 8.88. The summed E-state index contributed by atoms with van der Waals surface area (Å²) in [7, 11) is -4.64. The van der Waals surface area contributed by atoms with Gasteiger partial charge >= 0.3 is 7.82 Å². The van der Waals surface area contributed by atoms with Gasteiger partial charge in [-0.15, -0.1) is 0 Å². The van der Waals surface area contributed by atoms with Crippen LogP contribution in [-0.2, 0) is 11.1 Å². The highest BCUT2D eigenvalue weighted by Gasteiger charge is 2.00. The lowest BCUT2D eigenvalue weighted by molar-refractivity contribution is 0.275. The van der Waals surface area contributed by atoms with Crippen LogP contribution in [0.2, 0.25) is 0 Å². The highest BCUT2D eigenvalue weighted by molar-refractivity contribution is 7.45. The number of nitrogens with zero attached hydrogens (tertiary/aromatic N) is 1. The first-order valence-electron chi connectivity index (χ1n) is 4.94. The van der Waals surface area contributed by atoms with Crippen LogP contribution >= 0.6 is 7.82 Å². The Bertz CT molecular complexity index is 333. The number of hydrogen-bond donors (Lipinski definition) is 5. The fourth-order valence-corrected chi connectivity index (χ4v) is 0.858. The number of hydrazine groups is 1. The minimum Gasteiger partial charge on any atom is -0.303 e. The van der Waals surface area contributed by atoms with Crippen molar-refractivity contribution < 1.29 is 19.2 Å². The van der Waals surface area contributed by atoms with Gasteiger partial charge in [0.25, 0.3) is 0 Å². The Balaban J connectivity index is 0.000000437. The molecule has 98 valence electrons. The Hall–Kier alpha value is -0.820. The van der Waals surface area contributed by atoms with Crippen molar-refractivity contribution in [2.45, 2.75) is 26.4 Å². The molecule has 0 aliphatic carbocycles. The zero-order chi connectivity index (χ0) is 13.3. The van der Waals surface area contributed by atoms with Gasteiger partial charge in [-0.3, -0.25) is 15.8 Å². The Labute approximate surface area is 100 Å². The Morgan fingerprint density at radius 3 is 2.18 bits per heavy atom. The van der Waals surface area contributed by atoms with E-state index in [0.29, 0.717) is 6.04 Å². The van der Waals surface area contributed by atoms with Crippen molar-refractivity contribution in [3.05, 3.63) is 30.1 Å². The van der Waals surface area contributed by atoms with E-state index in [1.807, 2.05) is 12.1 Å². The van der Waals surface area contributed by atoms with Gasteiger partial charge in [0.15, 0.2) is 0 Å². The van der Waals surface area contributed by atoms with Crippen LogP contribution in [-0.4, -0.2) is 25.7 Å². The minimum atomic E-state index is -4.64. The topological polar surface area (TPSA) is 115 Å². The molecule has 0 amide bonds. The molecular weight excluding hydrogens is 245 g/mol. The van der Waals surface area contributed by atoms with E-state index in [9.17, 15) is 0 Å². The second-order valence-corrected chi connectivity index (χ2v) is 4.55. The van der Waals surface area contributed by atoms with Crippen LogP contribution in [0.3, 0.4) is 0 Å². The smallest absolute Gasteiger partial charge is 0.303 e. The fraction of sp³-hybridized carbons (Fsp3) is 0.444. The first kappa shape index (κ1) is 16.2. The van der Waals surface area contributed by atoms with Crippen LogP contribution < -0.4 is 10.9 Å². The lowest BCUT2D eigenvalue weighted by Gasteiger charge is -2.09. The lowest BCUT2D eigenvalue weighted by Crippen LogP contribution is -2.36. The normalized spacial score (nSPS) is 10.9. The van der Waals surface area contributed by atoms with E-state index in [0.717, 1.165) is 6.54 Å². The summed E-state index contributed by atoms with van der Waals surface area (Å²) in [5.41, 5.74) is 7.48. The summed E-state index contributed by atoms with van der Waals surface area (Å²) >= 11 is 0. The SMILES string of the molecule is CC(C)NNCc1ccncc1.O=P(O)(O)O. The van der Waals surface area contributed by atoms with Gasteiger partial charge in [0.1, 0.15) is 0 Å². The number of hydrogen-bond acceptors (Lipinski definition) is 4. The number of aromatic nitrogens is 1. The maximum absolute atomic E-state index is 8.88. The van der Waals surface area contributed by atoms with Crippen LogP contribution in [0.5, 0.6) is 0 Å². The highest BCUT2D eigenvalue weighted by atomic mass is 31.2. The maximum atomic E-state index is 8.88. The third-order valence-electron chi connectivity index (χ3n) is 1.43. The Kier molecular flexibility index (Phi) is 7.90. The molecule has 0 aliphatic heterocycles. The van der Waals surface area contributed by atoms with E-state index in [4.69, 9.17) is 19.2 Å². The van der Waals surface area contributed by atoms with Gasteiger partial charge in [-0.2, -0.15) is 0 Å². The van der Waals surface area contributed by atoms with Crippen molar-refractivity contribution in [1.29, 1.82) is 0 Å². The quantitative estimate of drug-likeness (QED) is 0.388. The van der Waals surface area contributed by atoms with Crippen LogP contribution in [0, 0.1) is 0 Å². The molecule has 0 atom stereocenters. The van der Waals surface area contributed by atoms with Crippen LogP contribution in [0.15, 0.2) is 24.5 Å². The standard InChI is InChI=1S/C9H15N3.H3O4P/c1-8(2)12-11-7-9-3-5-10-6-4-9;1-5(2,3)4/h3-6,8,11-12H,7H2,1-2H3;(H3,1,2,3,4). The zero-order valence-corrected chi connectivity index (χ0v) is 10.6. The van der Waals surface area contributed by atoms with Gasteiger partial charge in [0.2, 0.25) is 0 Å². The number of phosphoric acid groups is 1. The maximum Gasteiger partial charge on any atom is 0.466 e. The molecule has 0 aromatic carbocycles. The Morgan fingerprint density at radius 1 is 1.29 bits per heavy atom. The van der Waals surface area contributed by atoms with E-state index in [1.54, 1.807) is 12.4 Å². The van der Waals surface area contributed by atoms with Gasteiger partial charge in [-0.1, -0.05) is 0 Å². The second-order valence-electron chi connectivity index (χ2n) is 3.52. The van der Waals surface area contributed by atoms with Gasteiger partial charge < -0.3 is 14.7 Å². The first-order chi connectivity index (χ1) is 7.79. The van der Waals surface area contributed by atoms with E-state index in [1.165, 1.54) is 5.56 Å². The highest BCUT2D eigenvalue weighted by Crippen LogP contribution is 2.25. The van der Waals surface area contributed by atoms with Crippen LogP contribution in [0.25, 0.3) is 0 Å². The molecule has 17 heavy (non-hydrogen) atoms. The van der Waals surface area contributed by atoms with E-state index < -0.39 is 7.82 Å². The summed E-state index contributed by atoms with van der Waals surface area (Å²) in [4.78, 5) is 25.5. The average molecular weight is 263 g/mol. The largest absolute Gasteiger partial charge is 0.466 e. The van der Waals surface area contributed by atoms with Crippen molar-refractivity contribution in [1.82, 2.24) is 15.8 Å². The molecule has 0 radical (unpaired) electrons. The molecule has 1 aromatic heterocycles. The van der Waals surface area contributed by atoms with Gasteiger partial charge in [0, 0.05) is 25.0 Å². The molecule has 0 spiro atoms. The molecule has 1 heterocycles. The lowest BCUT2D eigenvalue weighted by atomic mass is 10.3. The number of pyridine rings is 1. The average Bonchev–Trinajstić information content (AvgIpc) is 2.16. The second kappa shape index (κ2) is 8.30. The third-order valence-corrected chi connectivity index (χ3v) is 1.43. The van der Waals surface area contributed by atoms with Crippen molar-refractivity contribution >= 4 is 7.82 Å². The molecular formula is C9H18N3O4P. The van der Waals surface area contributed by atoms with Crippen molar-refractivity contribution in [2.24, 2.45) is 0 Å². The molecule has 0 saturated heterocycles. The molecule has 5 N–H and O–H groups in total. The van der Waals surface area contributed by atoms with E-state index in [2.05, 4.69) is 29.7 Å². The summed E-state index contributed by atoms with van der Waals surface area (Å²) in [6.45, 7) is 5.03. The number of rotatable bonds is 4. The van der Waals surface area contributed by atoms with Gasteiger partial charge in [-0.05, 0) is 31.5 Å². The predicted molar refractivity (Wildman–Crippen MR) is 63.6 cm³/mol. The summed E-state index contributed by atoms with van der Waals surface area (Å²) in [6, 6.07) is 4.45. The fourth-order valence-electron chi connectivity index (χ4n) is 0.858. The molecule has 8 heteroatoms. The zero-order valence-electron chi connectivity index (χ0n) is 9.74.